The molecule has 0 aliphatic carbocycles. The van der Waals surface area contributed by atoms with E-state index in [0.29, 0.717) is 0 Å². The zero-order chi connectivity index (χ0) is 12.8. The highest BCUT2D eigenvalue weighted by Crippen LogP contribution is 1.98. The van der Waals surface area contributed by atoms with E-state index in [2.05, 4.69) is 23.8 Å². The average Bonchev–Trinajstić information content (AvgIpc) is 2.35. The van der Waals surface area contributed by atoms with Crippen LogP contribution >= 0.6 is 0 Å². The molecule has 0 heterocycles. The smallest absolute Gasteiger partial charge is 0.330 e. The minimum Gasteiger partial charge on any atom is -0.466 e. The Morgan fingerprint density at radius 3 is 2.29 bits per heavy atom. The van der Waals surface area contributed by atoms with Gasteiger partial charge in [-0.2, -0.15) is 0 Å². The molecule has 0 atom stereocenters. The summed E-state index contributed by atoms with van der Waals surface area (Å²) in [5.41, 5.74) is 0. The number of esters is 1. The third-order valence-corrected chi connectivity index (χ3v) is 2.04. The summed E-state index contributed by atoms with van der Waals surface area (Å²) in [5, 5.41) is 0. The molecule has 0 unspecified atom stereocenters. The Kier molecular flexibility index (Phi) is 11.3. The van der Waals surface area contributed by atoms with E-state index in [1.54, 1.807) is 0 Å². The summed E-state index contributed by atoms with van der Waals surface area (Å²) < 4.78 is 4.49. The number of carbonyl (C=O) groups excluding carboxylic acids is 1. The number of hydrogen-bond donors (Lipinski definition) is 0. The molecule has 0 aromatic heterocycles. The second kappa shape index (κ2) is 12.5. The minimum atomic E-state index is -0.286. The van der Waals surface area contributed by atoms with Gasteiger partial charge in [0, 0.05) is 6.08 Å². The van der Waals surface area contributed by atoms with E-state index in [1.165, 1.54) is 13.2 Å². The van der Waals surface area contributed by atoms with E-state index in [0.717, 1.165) is 25.7 Å². The van der Waals surface area contributed by atoms with E-state index in [9.17, 15) is 4.79 Å². The average molecular weight is 234 g/mol. The van der Waals surface area contributed by atoms with Gasteiger partial charge in [0.2, 0.25) is 0 Å². The second-order valence-corrected chi connectivity index (χ2v) is 3.51. The van der Waals surface area contributed by atoms with Crippen LogP contribution in [0.15, 0.2) is 48.6 Å². The summed E-state index contributed by atoms with van der Waals surface area (Å²) in [4.78, 5) is 10.7. The van der Waals surface area contributed by atoms with Gasteiger partial charge < -0.3 is 4.74 Å². The number of unbranched alkanes of at least 4 members (excludes halogenated alkanes) is 2. The molecule has 0 aromatic carbocycles. The lowest BCUT2D eigenvalue weighted by Gasteiger charge is -1.90. The fourth-order valence-corrected chi connectivity index (χ4v) is 1.12. The van der Waals surface area contributed by atoms with Gasteiger partial charge >= 0.3 is 5.97 Å². The summed E-state index contributed by atoms with van der Waals surface area (Å²) in [5.74, 6) is -0.286. The molecule has 0 rings (SSSR count). The third kappa shape index (κ3) is 12.4. The Labute approximate surface area is 104 Å². The van der Waals surface area contributed by atoms with Crippen molar-refractivity contribution in [1.29, 1.82) is 0 Å². The Hall–Kier alpha value is -1.57. The van der Waals surface area contributed by atoms with Crippen LogP contribution in [-0.4, -0.2) is 13.1 Å². The van der Waals surface area contributed by atoms with Gasteiger partial charge in [-0.25, -0.2) is 4.79 Å². The summed E-state index contributed by atoms with van der Waals surface area (Å²) in [6, 6.07) is 0. The lowest BCUT2D eigenvalue weighted by Crippen LogP contribution is -1.93. The third-order valence-electron chi connectivity index (χ3n) is 2.04. The molecule has 0 aromatic rings. The van der Waals surface area contributed by atoms with Gasteiger partial charge in [0.05, 0.1) is 7.11 Å². The molecule has 0 spiro atoms. The molecule has 2 nitrogen and oxygen atoms in total. The molecule has 0 saturated carbocycles. The first-order valence-electron chi connectivity index (χ1n) is 6.04. The molecule has 0 aliphatic rings. The molecule has 94 valence electrons. The van der Waals surface area contributed by atoms with Crippen LogP contribution in [0.3, 0.4) is 0 Å². The summed E-state index contributed by atoms with van der Waals surface area (Å²) in [6.07, 6.45) is 19.7. The molecule has 0 aliphatic heterocycles. The van der Waals surface area contributed by atoms with Crippen LogP contribution in [0.2, 0.25) is 0 Å². The summed E-state index contributed by atoms with van der Waals surface area (Å²) in [7, 11) is 1.38. The molecule has 2 heteroatoms. The molecule has 0 N–H and O–H groups in total. The highest BCUT2D eigenvalue weighted by molar-refractivity contribution is 5.81. The SMILES string of the molecule is CC/C=C/C=C/C=C/CCC/C=C/C(=O)OC. The van der Waals surface area contributed by atoms with Crippen LogP contribution in [-0.2, 0) is 9.53 Å². The Morgan fingerprint density at radius 2 is 1.65 bits per heavy atom. The monoisotopic (exact) mass is 234 g/mol. The first kappa shape index (κ1) is 15.4. The van der Waals surface area contributed by atoms with Crippen molar-refractivity contribution < 1.29 is 9.53 Å². The fourth-order valence-electron chi connectivity index (χ4n) is 1.12. The summed E-state index contributed by atoms with van der Waals surface area (Å²) >= 11 is 0. The number of rotatable bonds is 8. The van der Waals surface area contributed by atoms with Gasteiger partial charge in [-0.15, -0.1) is 0 Å². The van der Waals surface area contributed by atoms with Gasteiger partial charge in [-0.1, -0.05) is 49.5 Å². The molecular weight excluding hydrogens is 212 g/mol. The van der Waals surface area contributed by atoms with E-state index >= 15 is 0 Å². The maximum Gasteiger partial charge on any atom is 0.330 e. The van der Waals surface area contributed by atoms with Crippen molar-refractivity contribution in [3.63, 3.8) is 0 Å². The fraction of sp³-hybridized carbons (Fsp3) is 0.400. The largest absolute Gasteiger partial charge is 0.466 e. The van der Waals surface area contributed by atoms with Crippen LogP contribution < -0.4 is 0 Å². The van der Waals surface area contributed by atoms with Crippen molar-refractivity contribution in [2.24, 2.45) is 0 Å². The standard InChI is InChI=1S/C15H22O2/c1-3-4-5-6-7-8-9-10-11-12-13-14-15(16)17-2/h4-9,13-14H,3,10-12H2,1-2H3/b5-4+,7-6+,9-8+,14-13+. The van der Waals surface area contributed by atoms with Crippen molar-refractivity contribution in [1.82, 2.24) is 0 Å². The topological polar surface area (TPSA) is 26.3 Å². The quantitative estimate of drug-likeness (QED) is 0.275. The molecule has 0 saturated heterocycles. The Bertz CT molecular complexity index is 296. The molecule has 17 heavy (non-hydrogen) atoms. The Morgan fingerprint density at radius 1 is 1.00 bits per heavy atom. The molecule has 0 amide bonds. The van der Waals surface area contributed by atoms with E-state index in [1.807, 2.05) is 30.4 Å². The zero-order valence-electron chi connectivity index (χ0n) is 10.8. The van der Waals surface area contributed by atoms with Crippen LogP contribution in [0.5, 0.6) is 0 Å². The molecular formula is C15H22O2. The first-order chi connectivity index (χ1) is 8.31. The number of carbonyl (C=O) groups is 1. The minimum absolute atomic E-state index is 0.286. The predicted molar refractivity (Wildman–Crippen MR) is 72.7 cm³/mol. The van der Waals surface area contributed by atoms with E-state index < -0.39 is 0 Å². The second-order valence-electron chi connectivity index (χ2n) is 3.51. The van der Waals surface area contributed by atoms with E-state index in [4.69, 9.17) is 0 Å². The molecule has 0 radical (unpaired) electrons. The van der Waals surface area contributed by atoms with Gasteiger partial charge in [-0.05, 0) is 25.7 Å². The van der Waals surface area contributed by atoms with Gasteiger partial charge in [-0.3, -0.25) is 0 Å². The Balaban J connectivity index is 3.48. The van der Waals surface area contributed by atoms with Crippen LogP contribution in [0.4, 0.5) is 0 Å². The highest BCUT2D eigenvalue weighted by atomic mass is 16.5. The van der Waals surface area contributed by atoms with Crippen LogP contribution in [0.1, 0.15) is 32.6 Å². The highest BCUT2D eigenvalue weighted by Gasteiger charge is 1.88. The first-order valence-corrected chi connectivity index (χ1v) is 6.04. The molecule has 0 bridgehead atoms. The lowest BCUT2D eigenvalue weighted by molar-refractivity contribution is -0.134. The van der Waals surface area contributed by atoms with Crippen molar-refractivity contribution in [2.45, 2.75) is 32.6 Å². The van der Waals surface area contributed by atoms with Crippen molar-refractivity contribution >= 4 is 5.97 Å². The zero-order valence-corrected chi connectivity index (χ0v) is 10.8. The maximum absolute atomic E-state index is 10.7. The van der Waals surface area contributed by atoms with Gasteiger partial charge in [0.1, 0.15) is 0 Å². The number of allylic oxidation sites excluding steroid dienone is 7. The predicted octanol–water partition coefficient (Wildman–Crippen LogP) is 3.96. The summed E-state index contributed by atoms with van der Waals surface area (Å²) in [6.45, 7) is 2.11. The molecule has 0 fully saturated rings. The van der Waals surface area contributed by atoms with Crippen molar-refractivity contribution in [3.8, 4) is 0 Å². The van der Waals surface area contributed by atoms with Crippen LogP contribution in [0, 0.1) is 0 Å². The maximum atomic E-state index is 10.7. The normalized spacial score (nSPS) is 12.4. The van der Waals surface area contributed by atoms with Gasteiger partial charge in [0.15, 0.2) is 0 Å². The van der Waals surface area contributed by atoms with Crippen LogP contribution in [0.25, 0.3) is 0 Å². The number of ether oxygens (including phenoxy) is 1. The van der Waals surface area contributed by atoms with Gasteiger partial charge in [0.25, 0.3) is 0 Å². The van der Waals surface area contributed by atoms with Crippen molar-refractivity contribution in [3.05, 3.63) is 48.6 Å². The van der Waals surface area contributed by atoms with E-state index in [-0.39, 0.29) is 5.97 Å². The number of hydrogen-bond acceptors (Lipinski definition) is 2. The number of methoxy groups -OCH3 is 1. The lowest BCUT2D eigenvalue weighted by atomic mass is 10.2. The van der Waals surface area contributed by atoms with Crippen molar-refractivity contribution in [2.75, 3.05) is 7.11 Å².